The third-order valence-electron chi connectivity index (χ3n) is 4.04. The van der Waals surface area contributed by atoms with Crippen LogP contribution in [0.5, 0.6) is 0 Å². The second kappa shape index (κ2) is 8.71. The highest BCUT2D eigenvalue weighted by molar-refractivity contribution is 8.05. The van der Waals surface area contributed by atoms with Crippen molar-refractivity contribution in [3.63, 3.8) is 0 Å². The van der Waals surface area contributed by atoms with Gasteiger partial charge in [-0.2, -0.15) is 43.8 Å². The number of piperazine rings is 1. The van der Waals surface area contributed by atoms with Crippen LogP contribution in [0.25, 0.3) is 0 Å². The Balaban J connectivity index is 3.17. The van der Waals surface area contributed by atoms with E-state index in [1.807, 2.05) is 0 Å². The van der Waals surface area contributed by atoms with E-state index in [1.54, 1.807) is 0 Å². The van der Waals surface area contributed by atoms with Crippen molar-refractivity contribution in [1.29, 1.82) is 0 Å². The van der Waals surface area contributed by atoms with Crippen molar-refractivity contribution in [1.82, 2.24) is 13.3 Å². The highest BCUT2D eigenvalue weighted by Crippen LogP contribution is 2.51. The summed E-state index contributed by atoms with van der Waals surface area (Å²) in [6, 6.07) is 0. The molecule has 1 N–H and O–H groups in total. The average molecular weight is 553 g/mol. The predicted molar refractivity (Wildman–Crippen MR) is 89.3 cm³/mol. The number of alkyl halides is 9. The Morgan fingerprint density at radius 1 is 0.750 bits per heavy atom. The lowest BCUT2D eigenvalue weighted by Crippen LogP contribution is -2.66. The number of nitrogens with zero attached hydrogens (tertiary/aromatic N) is 2. The first-order valence-electron chi connectivity index (χ1n) is 8.04. The van der Waals surface area contributed by atoms with Crippen molar-refractivity contribution in [2.75, 3.05) is 39.0 Å². The van der Waals surface area contributed by atoms with Crippen LogP contribution in [-0.2, 0) is 30.1 Å². The summed E-state index contributed by atoms with van der Waals surface area (Å²) in [5, 5.41) is -13.7. The van der Waals surface area contributed by atoms with Crippen LogP contribution in [0.3, 0.4) is 0 Å². The number of hydrogen-bond donors (Lipinski definition) is 1. The Bertz CT molecular complexity index is 1000. The first-order chi connectivity index (χ1) is 13.9. The van der Waals surface area contributed by atoms with Crippen molar-refractivity contribution in [3.05, 3.63) is 0 Å². The van der Waals surface area contributed by atoms with Gasteiger partial charge in [0.1, 0.15) is 0 Å². The third kappa shape index (κ3) is 5.77. The molecule has 1 aliphatic heterocycles. The molecule has 0 bridgehead atoms. The topological polar surface area (TPSA) is 121 Å². The molecule has 1 heterocycles. The standard InChI is InChI=1S/C11H16F9N3O6S3/c1-30(24,25)21-31(26,27)10(17,18)9(15,16)11(19,20)32(28,29)23-6-4-22(5-7-23)3-2-8(12,13)14/h21H,2-7H2,1H3. The van der Waals surface area contributed by atoms with Gasteiger partial charge >= 0.3 is 22.6 Å². The Kier molecular flexibility index (Phi) is 7.93. The Labute approximate surface area is 176 Å². The minimum atomic E-state index is -7.16. The molecular weight excluding hydrogens is 537 g/mol. The fourth-order valence-electron chi connectivity index (χ4n) is 2.39. The normalized spacial score (nSPS) is 19.3. The van der Waals surface area contributed by atoms with E-state index < -0.39 is 96.1 Å². The summed E-state index contributed by atoms with van der Waals surface area (Å²) in [6.07, 6.45) is -6.04. The number of halogens is 9. The van der Waals surface area contributed by atoms with Gasteiger partial charge in [0.15, 0.2) is 0 Å². The maximum Gasteiger partial charge on any atom is 0.429 e. The summed E-state index contributed by atoms with van der Waals surface area (Å²) in [7, 11) is -19.0. The zero-order valence-electron chi connectivity index (χ0n) is 15.7. The van der Waals surface area contributed by atoms with Gasteiger partial charge in [0, 0.05) is 32.7 Å². The minimum absolute atomic E-state index is 0.0511. The molecule has 1 aliphatic rings. The maximum atomic E-state index is 14.2. The second-order valence-corrected chi connectivity index (χ2v) is 12.3. The molecule has 0 spiro atoms. The zero-order chi connectivity index (χ0) is 25.6. The van der Waals surface area contributed by atoms with E-state index in [0.717, 1.165) is 4.90 Å². The van der Waals surface area contributed by atoms with E-state index >= 15 is 0 Å². The maximum absolute atomic E-state index is 14.2. The Morgan fingerprint density at radius 3 is 1.56 bits per heavy atom. The van der Waals surface area contributed by atoms with Crippen LogP contribution in [0.4, 0.5) is 39.5 Å². The van der Waals surface area contributed by atoms with E-state index in [0.29, 0.717) is 0 Å². The van der Waals surface area contributed by atoms with Crippen LogP contribution in [0.2, 0.25) is 0 Å². The summed E-state index contributed by atoms with van der Waals surface area (Å²) in [5.41, 5.74) is 0. The first kappa shape index (κ1) is 29.1. The smallest absolute Gasteiger partial charge is 0.300 e. The lowest BCUT2D eigenvalue weighted by atomic mass is 10.3. The minimum Gasteiger partial charge on any atom is -0.300 e. The van der Waals surface area contributed by atoms with E-state index in [9.17, 15) is 64.8 Å². The van der Waals surface area contributed by atoms with E-state index in [2.05, 4.69) is 0 Å². The zero-order valence-corrected chi connectivity index (χ0v) is 18.2. The molecule has 0 aliphatic carbocycles. The highest BCUT2D eigenvalue weighted by atomic mass is 32.3. The molecule has 1 rings (SSSR count). The molecule has 0 atom stereocenters. The summed E-state index contributed by atoms with van der Waals surface area (Å²) < 4.78 is 188. The van der Waals surface area contributed by atoms with Gasteiger partial charge in [-0.1, -0.05) is 0 Å². The van der Waals surface area contributed by atoms with E-state index in [1.165, 1.54) is 0 Å². The van der Waals surface area contributed by atoms with Crippen molar-refractivity contribution in [2.45, 2.75) is 29.0 Å². The molecule has 0 unspecified atom stereocenters. The van der Waals surface area contributed by atoms with Crippen LogP contribution < -0.4 is 4.13 Å². The highest BCUT2D eigenvalue weighted by Gasteiger charge is 2.82. The van der Waals surface area contributed by atoms with Crippen molar-refractivity contribution >= 4 is 30.1 Å². The number of hydrogen-bond acceptors (Lipinski definition) is 7. The SMILES string of the molecule is CS(=O)(=O)NS(=O)(=O)C(F)(F)C(F)(F)C(F)(F)S(=O)(=O)N1CCN(CCC(F)(F)F)CC1. The molecule has 0 saturated carbocycles. The molecule has 0 aromatic carbocycles. The molecule has 0 aromatic heterocycles. The van der Waals surface area contributed by atoms with Gasteiger partial charge in [0.2, 0.25) is 10.0 Å². The first-order valence-corrected chi connectivity index (χ1v) is 12.9. The molecule has 21 heteroatoms. The van der Waals surface area contributed by atoms with Gasteiger partial charge in [-0.15, -0.1) is 4.13 Å². The average Bonchev–Trinajstić information content (AvgIpc) is 2.57. The van der Waals surface area contributed by atoms with Gasteiger partial charge in [-0.25, -0.2) is 25.3 Å². The summed E-state index contributed by atoms with van der Waals surface area (Å²) in [6.45, 7) is -4.17. The fraction of sp³-hybridized carbons (Fsp3) is 1.00. The van der Waals surface area contributed by atoms with Crippen LogP contribution in [-0.4, -0.2) is 96.0 Å². The summed E-state index contributed by atoms with van der Waals surface area (Å²) in [4.78, 5) is 0.949. The lowest BCUT2D eigenvalue weighted by molar-refractivity contribution is -0.245. The Hall–Kier alpha value is -0.900. The van der Waals surface area contributed by atoms with E-state index in [4.69, 9.17) is 0 Å². The van der Waals surface area contributed by atoms with Gasteiger partial charge < -0.3 is 4.90 Å². The summed E-state index contributed by atoms with van der Waals surface area (Å²) >= 11 is 0. The molecule has 0 amide bonds. The number of sulfonamides is 3. The quantitative estimate of drug-likeness (QED) is 0.415. The Morgan fingerprint density at radius 2 is 1.19 bits per heavy atom. The largest absolute Gasteiger partial charge is 0.429 e. The fourth-order valence-corrected chi connectivity index (χ4v) is 6.36. The van der Waals surface area contributed by atoms with E-state index in [-0.39, 0.29) is 10.4 Å². The summed E-state index contributed by atoms with van der Waals surface area (Å²) in [5.74, 6) is -7.16. The number of nitrogens with one attached hydrogen (secondary N) is 1. The van der Waals surface area contributed by atoms with Crippen LogP contribution in [0.1, 0.15) is 6.42 Å². The third-order valence-corrected chi connectivity index (χ3v) is 9.01. The molecular formula is C11H16F9N3O6S3. The van der Waals surface area contributed by atoms with Crippen LogP contribution in [0.15, 0.2) is 0 Å². The second-order valence-electron chi connectivity index (χ2n) is 6.58. The van der Waals surface area contributed by atoms with Crippen molar-refractivity contribution in [2.24, 2.45) is 0 Å². The lowest BCUT2D eigenvalue weighted by Gasteiger charge is -2.38. The van der Waals surface area contributed by atoms with Gasteiger partial charge in [0.25, 0.3) is 20.0 Å². The number of rotatable bonds is 9. The van der Waals surface area contributed by atoms with Crippen LogP contribution >= 0.6 is 0 Å². The molecule has 0 aromatic rings. The molecule has 192 valence electrons. The molecule has 0 radical (unpaired) electrons. The van der Waals surface area contributed by atoms with Crippen LogP contribution in [0, 0.1) is 0 Å². The molecule has 1 saturated heterocycles. The van der Waals surface area contributed by atoms with Gasteiger partial charge in [0.05, 0.1) is 12.7 Å². The molecule has 9 nitrogen and oxygen atoms in total. The molecule has 32 heavy (non-hydrogen) atoms. The predicted octanol–water partition coefficient (Wildman–Crippen LogP) is 0.586. The molecule has 1 fully saturated rings. The monoisotopic (exact) mass is 553 g/mol. The van der Waals surface area contributed by atoms with Crippen molar-refractivity contribution in [3.8, 4) is 0 Å². The van der Waals surface area contributed by atoms with Gasteiger partial charge in [-0.3, -0.25) is 0 Å². The van der Waals surface area contributed by atoms with Crippen molar-refractivity contribution < 1.29 is 64.8 Å². The van der Waals surface area contributed by atoms with Gasteiger partial charge in [-0.05, 0) is 0 Å².